The van der Waals surface area contributed by atoms with Crippen LogP contribution in [-0.4, -0.2) is 35.4 Å². The molecule has 0 fully saturated rings. The third-order valence-corrected chi connectivity index (χ3v) is 5.18. The number of hydrogen-bond acceptors (Lipinski definition) is 3. The van der Waals surface area contributed by atoms with E-state index >= 15 is 0 Å². The quantitative estimate of drug-likeness (QED) is 0.715. The van der Waals surface area contributed by atoms with E-state index < -0.39 is 0 Å². The first-order chi connectivity index (χ1) is 13.6. The predicted octanol–water partition coefficient (Wildman–Crippen LogP) is 3.48. The first-order valence-corrected chi connectivity index (χ1v) is 9.44. The number of rotatable bonds is 5. The minimum absolute atomic E-state index is 0.0146. The molecule has 0 saturated heterocycles. The highest BCUT2D eigenvalue weighted by molar-refractivity contribution is 5.93. The summed E-state index contributed by atoms with van der Waals surface area (Å²) in [4.78, 5) is 30.1. The molecule has 1 aliphatic heterocycles. The van der Waals surface area contributed by atoms with Crippen LogP contribution in [0.5, 0.6) is 5.75 Å². The topological polar surface area (TPSA) is 74.4 Å². The second kappa shape index (κ2) is 7.76. The largest absolute Gasteiger partial charge is 0.497 e. The number of carbonyl (C=O) groups excluding carboxylic acids is 2. The number of carbonyl (C=O) groups is 2. The van der Waals surface area contributed by atoms with Gasteiger partial charge in [-0.05, 0) is 30.3 Å². The highest BCUT2D eigenvalue weighted by atomic mass is 16.5. The molecule has 2 N–H and O–H groups in total. The van der Waals surface area contributed by atoms with Gasteiger partial charge in [-0.1, -0.05) is 18.2 Å². The molecular weight excluding hydrogens is 354 g/mol. The number of benzene rings is 2. The minimum Gasteiger partial charge on any atom is -0.497 e. The molecule has 6 nitrogen and oxygen atoms in total. The maximum absolute atomic E-state index is 12.6. The van der Waals surface area contributed by atoms with Crippen molar-refractivity contribution in [3.63, 3.8) is 0 Å². The molecule has 0 aliphatic carbocycles. The number of anilines is 1. The van der Waals surface area contributed by atoms with Crippen molar-refractivity contribution < 1.29 is 14.3 Å². The third kappa shape index (κ3) is 3.71. The van der Waals surface area contributed by atoms with E-state index in [4.69, 9.17) is 4.74 Å². The van der Waals surface area contributed by atoms with Crippen molar-refractivity contribution in [1.29, 1.82) is 0 Å². The first kappa shape index (κ1) is 18.1. The fraction of sp³-hybridized carbons (Fsp3) is 0.273. The van der Waals surface area contributed by atoms with E-state index in [0.717, 1.165) is 17.7 Å². The van der Waals surface area contributed by atoms with Crippen molar-refractivity contribution in [1.82, 2.24) is 9.88 Å². The zero-order chi connectivity index (χ0) is 19.5. The van der Waals surface area contributed by atoms with Gasteiger partial charge in [0.15, 0.2) is 0 Å². The molecule has 0 bridgehead atoms. The molecule has 4 rings (SSSR count). The Morgan fingerprint density at radius 2 is 1.89 bits per heavy atom. The molecule has 2 heterocycles. The Morgan fingerprint density at radius 3 is 2.68 bits per heavy atom. The van der Waals surface area contributed by atoms with Crippen LogP contribution in [0.2, 0.25) is 0 Å². The highest BCUT2D eigenvalue weighted by Crippen LogP contribution is 2.28. The molecule has 0 unspecified atom stereocenters. The predicted molar refractivity (Wildman–Crippen MR) is 108 cm³/mol. The summed E-state index contributed by atoms with van der Waals surface area (Å²) >= 11 is 0. The van der Waals surface area contributed by atoms with E-state index in [9.17, 15) is 9.59 Å². The van der Waals surface area contributed by atoms with Crippen molar-refractivity contribution >= 4 is 28.4 Å². The highest BCUT2D eigenvalue weighted by Gasteiger charge is 2.24. The Morgan fingerprint density at radius 1 is 1.11 bits per heavy atom. The van der Waals surface area contributed by atoms with E-state index in [1.165, 1.54) is 16.6 Å². The van der Waals surface area contributed by atoms with Crippen molar-refractivity contribution in [3.05, 3.63) is 59.8 Å². The average Bonchev–Trinajstić information content (AvgIpc) is 3.10. The van der Waals surface area contributed by atoms with E-state index in [2.05, 4.69) is 22.4 Å². The molecule has 3 aromatic rings. The smallest absolute Gasteiger partial charge is 0.224 e. The Balaban J connectivity index is 1.33. The SMILES string of the molecule is COc1ccc(NC(=O)CCC(=O)N2CCc3[nH]c4ccccc4c3C2)cc1. The molecule has 2 aromatic carbocycles. The number of ether oxygens (including phenoxy) is 1. The summed E-state index contributed by atoms with van der Waals surface area (Å²) in [6, 6.07) is 15.3. The van der Waals surface area contributed by atoms with Crippen LogP contribution >= 0.6 is 0 Å². The molecule has 0 saturated carbocycles. The molecule has 0 atom stereocenters. The number of fused-ring (bicyclic) bond motifs is 3. The van der Waals surface area contributed by atoms with Gasteiger partial charge in [0.2, 0.25) is 11.8 Å². The second-order valence-electron chi connectivity index (χ2n) is 6.97. The number of H-pyrrole nitrogens is 1. The summed E-state index contributed by atoms with van der Waals surface area (Å²) in [6.07, 6.45) is 1.19. The maximum atomic E-state index is 12.6. The van der Waals surface area contributed by atoms with E-state index in [0.29, 0.717) is 18.8 Å². The lowest BCUT2D eigenvalue weighted by molar-refractivity contribution is -0.133. The number of methoxy groups -OCH3 is 1. The van der Waals surface area contributed by atoms with E-state index in [1.807, 2.05) is 17.0 Å². The number of amides is 2. The lowest BCUT2D eigenvalue weighted by Gasteiger charge is -2.27. The van der Waals surface area contributed by atoms with Crippen LogP contribution in [0.3, 0.4) is 0 Å². The minimum atomic E-state index is -0.164. The van der Waals surface area contributed by atoms with Gasteiger partial charge in [0.05, 0.1) is 7.11 Å². The van der Waals surface area contributed by atoms with Crippen LogP contribution in [-0.2, 0) is 22.6 Å². The van der Waals surface area contributed by atoms with Crippen LogP contribution in [0, 0.1) is 0 Å². The van der Waals surface area contributed by atoms with Gasteiger partial charge in [-0.2, -0.15) is 0 Å². The number of nitrogens with zero attached hydrogens (tertiary/aromatic N) is 1. The van der Waals surface area contributed by atoms with E-state index in [1.54, 1.807) is 31.4 Å². The molecule has 28 heavy (non-hydrogen) atoms. The van der Waals surface area contributed by atoms with Gasteiger partial charge in [0.25, 0.3) is 0 Å². The number of hydrogen-bond donors (Lipinski definition) is 2. The van der Waals surface area contributed by atoms with Gasteiger partial charge in [-0.15, -0.1) is 0 Å². The van der Waals surface area contributed by atoms with Crippen LogP contribution < -0.4 is 10.1 Å². The standard InChI is InChI=1S/C22H23N3O3/c1-28-16-8-6-15(7-9-16)23-21(26)10-11-22(27)25-13-12-20-18(14-25)17-4-2-3-5-19(17)24-20/h2-9,24H,10-14H2,1H3,(H,23,26). The second-order valence-corrected chi connectivity index (χ2v) is 6.97. The fourth-order valence-corrected chi connectivity index (χ4v) is 3.66. The number of para-hydroxylation sites is 1. The number of aromatic nitrogens is 1. The monoisotopic (exact) mass is 377 g/mol. The van der Waals surface area contributed by atoms with Crippen molar-refractivity contribution in [2.24, 2.45) is 0 Å². The van der Waals surface area contributed by atoms with Crippen LogP contribution in [0.4, 0.5) is 5.69 Å². The lowest BCUT2D eigenvalue weighted by Crippen LogP contribution is -2.36. The van der Waals surface area contributed by atoms with Gasteiger partial charge >= 0.3 is 0 Å². The van der Waals surface area contributed by atoms with Crippen molar-refractivity contribution in [2.75, 3.05) is 19.0 Å². The Bertz CT molecular complexity index is 1010. The number of nitrogens with one attached hydrogen (secondary N) is 2. The Labute approximate surface area is 163 Å². The van der Waals surface area contributed by atoms with Crippen LogP contribution in [0.1, 0.15) is 24.1 Å². The van der Waals surface area contributed by atoms with Gasteiger partial charge in [0.1, 0.15) is 5.75 Å². The summed E-state index contributed by atoms with van der Waals surface area (Å²) in [7, 11) is 1.60. The molecule has 0 radical (unpaired) electrons. The molecule has 1 aromatic heterocycles. The van der Waals surface area contributed by atoms with Gasteiger partial charge in [-0.3, -0.25) is 9.59 Å². The van der Waals surface area contributed by atoms with Gasteiger partial charge in [0, 0.05) is 60.2 Å². The van der Waals surface area contributed by atoms with Crippen molar-refractivity contribution in [3.8, 4) is 5.75 Å². The summed E-state index contributed by atoms with van der Waals surface area (Å²) in [5, 5.41) is 3.99. The van der Waals surface area contributed by atoms with E-state index in [-0.39, 0.29) is 24.7 Å². The first-order valence-electron chi connectivity index (χ1n) is 9.44. The van der Waals surface area contributed by atoms with Gasteiger partial charge in [-0.25, -0.2) is 0 Å². The Hall–Kier alpha value is -3.28. The molecule has 144 valence electrons. The fourth-order valence-electron chi connectivity index (χ4n) is 3.66. The molecule has 6 heteroatoms. The molecule has 2 amide bonds. The lowest BCUT2D eigenvalue weighted by atomic mass is 10.0. The summed E-state index contributed by atoms with van der Waals surface area (Å²) in [5.74, 6) is 0.582. The van der Waals surface area contributed by atoms with Gasteiger partial charge < -0.3 is 19.9 Å². The third-order valence-electron chi connectivity index (χ3n) is 5.18. The zero-order valence-electron chi connectivity index (χ0n) is 15.8. The normalized spacial score (nSPS) is 13.2. The van der Waals surface area contributed by atoms with Crippen LogP contribution in [0.25, 0.3) is 10.9 Å². The average molecular weight is 377 g/mol. The molecular formula is C22H23N3O3. The summed E-state index contributed by atoms with van der Waals surface area (Å²) in [5.41, 5.74) is 4.21. The number of aromatic amines is 1. The molecule has 0 spiro atoms. The summed E-state index contributed by atoms with van der Waals surface area (Å²) in [6.45, 7) is 1.27. The van der Waals surface area contributed by atoms with Crippen molar-refractivity contribution in [2.45, 2.75) is 25.8 Å². The maximum Gasteiger partial charge on any atom is 0.224 e. The molecule has 1 aliphatic rings. The summed E-state index contributed by atoms with van der Waals surface area (Å²) < 4.78 is 5.10. The Kier molecular flexibility index (Phi) is 5.02. The zero-order valence-corrected chi connectivity index (χ0v) is 15.8. The van der Waals surface area contributed by atoms with Crippen LogP contribution in [0.15, 0.2) is 48.5 Å².